The van der Waals surface area contributed by atoms with Crippen LogP contribution in [0.5, 0.6) is 11.5 Å². The highest BCUT2D eigenvalue weighted by Gasteiger charge is 2.37. The van der Waals surface area contributed by atoms with Gasteiger partial charge in [0, 0.05) is 23.9 Å². The van der Waals surface area contributed by atoms with E-state index in [1.807, 2.05) is 0 Å². The third kappa shape index (κ3) is 2.78. The summed E-state index contributed by atoms with van der Waals surface area (Å²) in [6.45, 7) is 1.44. The van der Waals surface area contributed by atoms with Gasteiger partial charge in [-0.3, -0.25) is 0 Å². The Labute approximate surface area is 129 Å². The van der Waals surface area contributed by atoms with Gasteiger partial charge in [0.05, 0.1) is 13.2 Å². The second-order valence-electron chi connectivity index (χ2n) is 6.28. The van der Waals surface area contributed by atoms with E-state index in [1.54, 1.807) is 6.07 Å². The molecule has 1 aliphatic heterocycles. The van der Waals surface area contributed by atoms with Gasteiger partial charge in [-0.25, -0.2) is 8.78 Å². The van der Waals surface area contributed by atoms with Crippen molar-refractivity contribution in [3.05, 3.63) is 23.3 Å². The quantitative estimate of drug-likeness (QED) is 0.919. The van der Waals surface area contributed by atoms with Gasteiger partial charge in [-0.15, -0.1) is 0 Å². The Balaban J connectivity index is 2.10. The number of halogens is 2. The molecule has 1 aliphatic carbocycles. The molecule has 0 atom stereocenters. The summed E-state index contributed by atoms with van der Waals surface area (Å²) in [5, 5.41) is 0. The molecule has 0 spiro atoms. The van der Waals surface area contributed by atoms with Crippen molar-refractivity contribution in [1.82, 2.24) is 0 Å². The number of alkyl halides is 2. The number of nitrogens with two attached hydrogens (primary N) is 1. The first-order valence-corrected chi connectivity index (χ1v) is 8.08. The SMILES string of the molecule is NCC1(c2cc3c(cc2C(F)F)OCCCO3)CCCCC1. The van der Waals surface area contributed by atoms with Gasteiger partial charge < -0.3 is 15.2 Å². The van der Waals surface area contributed by atoms with Gasteiger partial charge in [0.15, 0.2) is 11.5 Å². The Kier molecular flexibility index (Phi) is 4.52. The molecule has 5 heteroatoms. The maximum Gasteiger partial charge on any atom is 0.264 e. The van der Waals surface area contributed by atoms with Crippen LogP contribution in [-0.4, -0.2) is 19.8 Å². The van der Waals surface area contributed by atoms with E-state index in [0.717, 1.165) is 38.5 Å². The molecule has 22 heavy (non-hydrogen) atoms. The second kappa shape index (κ2) is 6.41. The number of fused-ring (bicyclic) bond motifs is 1. The Morgan fingerprint density at radius 1 is 1.00 bits per heavy atom. The summed E-state index contributed by atoms with van der Waals surface area (Å²) >= 11 is 0. The average molecular weight is 311 g/mol. The highest BCUT2D eigenvalue weighted by atomic mass is 19.3. The fourth-order valence-corrected chi connectivity index (χ4v) is 3.68. The normalized spacial score (nSPS) is 20.7. The van der Waals surface area contributed by atoms with Crippen molar-refractivity contribution in [2.75, 3.05) is 19.8 Å². The first-order chi connectivity index (χ1) is 10.7. The van der Waals surface area contributed by atoms with Crippen LogP contribution < -0.4 is 15.2 Å². The van der Waals surface area contributed by atoms with Crippen molar-refractivity contribution >= 4 is 0 Å². The molecular weight excluding hydrogens is 288 g/mol. The van der Waals surface area contributed by atoms with E-state index in [9.17, 15) is 8.78 Å². The summed E-state index contributed by atoms with van der Waals surface area (Å²) in [5.41, 5.74) is 6.39. The molecule has 1 aromatic rings. The number of rotatable bonds is 3. The number of ether oxygens (including phenoxy) is 2. The van der Waals surface area contributed by atoms with Crippen molar-refractivity contribution in [3.8, 4) is 11.5 Å². The van der Waals surface area contributed by atoms with Gasteiger partial charge in [0.2, 0.25) is 0 Å². The van der Waals surface area contributed by atoms with Gasteiger partial charge in [-0.1, -0.05) is 19.3 Å². The molecule has 2 N–H and O–H groups in total. The Bertz CT molecular complexity index is 528. The maximum absolute atomic E-state index is 13.6. The molecular formula is C17H23F2NO2. The molecule has 1 fully saturated rings. The minimum Gasteiger partial charge on any atom is -0.490 e. The lowest BCUT2D eigenvalue weighted by Gasteiger charge is -2.38. The molecule has 0 amide bonds. The zero-order valence-electron chi connectivity index (χ0n) is 12.7. The summed E-state index contributed by atoms with van der Waals surface area (Å²) in [6, 6.07) is 3.23. The number of hydrogen-bond acceptors (Lipinski definition) is 3. The zero-order chi connectivity index (χ0) is 15.6. The van der Waals surface area contributed by atoms with Crippen LogP contribution in [0.4, 0.5) is 8.78 Å². The van der Waals surface area contributed by atoms with Crippen molar-refractivity contribution < 1.29 is 18.3 Å². The third-order valence-corrected chi connectivity index (χ3v) is 4.93. The lowest BCUT2D eigenvalue weighted by molar-refractivity contribution is 0.145. The van der Waals surface area contributed by atoms with Gasteiger partial charge in [0.1, 0.15) is 0 Å². The average Bonchev–Trinajstić information content (AvgIpc) is 2.79. The predicted molar refractivity (Wildman–Crippen MR) is 80.8 cm³/mol. The first-order valence-electron chi connectivity index (χ1n) is 8.08. The summed E-state index contributed by atoms with van der Waals surface area (Å²) in [4.78, 5) is 0. The van der Waals surface area contributed by atoms with Gasteiger partial charge in [0.25, 0.3) is 6.43 Å². The van der Waals surface area contributed by atoms with Crippen LogP contribution in [0.1, 0.15) is 56.1 Å². The molecule has 0 saturated heterocycles. The van der Waals surface area contributed by atoms with E-state index < -0.39 is 6.43 Å². The van der Waals surface area contributed by atoms with E-state index in [4.69, 9.17) is 15.2 Å². The Morgan fingerprint density at radius 3 is 2.23 bits per heavy atom. The first kappa shape index (κ1) is 15.5. The topological polar surface area (TPSA) is 44.5 Å². The molecule has 3 nitrogen and oxygen atoms in total. The lowest BCUT2D eigenvalue weighted by Crippen LogP contribution is -2.38. The predicted octanol–water partition coefficient (Wildman–Crippen LogP) is 3.95. The molecule has 1 saturated carbocycles. The summed E-state index contributed by atoms with van der Waals surface area (Å²) < 4.78 is 38.5. The second-order valence-corrected chi connectivity index (χ2v) is 6.28. The van der Waals surface area contributed by atoms with Gasteiger partial charge in [-0.2, -0.15) is 0 Å². The van der Waals surface area contributed by atoms with Crippen molar-refractivity contribution in [2.24, 2.45) is 5.73 Å². The zero-order valence-corrected chi connectivity index (χ0v) is 12.7. The monoisotopic (exact) mass is 311 g/mol. The van der Waals surface area contributed by atoms with Crippen molar-refractivity contribution in [3.63, 3.8) is 0 Å². The molecule has 0 unspecified atom stereocenters. The van der Waals surface area contributed by atoms with E-state index in [0.29, 0.717) is 36.8 Å². The van der Waals surface area contributed by atoms with Crippen LogP contribution in [0.3, 0.4) is 0 Å². The maximum atomic E-state index is 13.6. The Morgan fingerprint density at radius 2 is 1.64 bits per heavy atom. The van der Waals surface area contributed by atoms with E-state index in [-0.39, 0.29) is 11.0 Å². The van der Waals surface area contributed by atoms with E-state index >= 15 is 0 Å². The van der Waals surface area contributed by atoms with Gasteiger partial charge in [-0.05, 0) is 30.5 Å². The number of benzene rings is 1. The van der Waals surface area contributed by atoms with Crippen molar-refractivity contribution in [1.29, 1.82) is 0 Å². The van der Waals surface area contributed by atoms with E-state index in [2.05, 4.69) is 0 Å². The summed E-state index contributed by atoms with van der Waals surface area (Å²) in [5.74, 6) is 1.01. The molecule has 122 valence electrons. The minimum atomic E-state index is -2.53. The van der Waals surface area contributed by atoms with Crippen LogP contribution in [0.25, 0.3) is 0 Å². The molecule has 1 heterocycles. The lowest BCUT2D eigenvalue weighted by atomic mass is 9.68. The van der Waals surface area contributed by atoms with Crippen LogP contribution in [0.15, 0.2) is 12.1 Å². The fourth-order valence-electron chi connectivity index (χ4n) is 3.68. The Hall–Kier alpha value is -1.36. The third-order valence-electron chi connectivity index (χ3n) is 4.93. The highest BCUT2D eigenvalue weighted by molar-refractivity contribution is 5.51. The standard InChI is InChI=1S/C17H23F2NO2/c18-16(19)12-9-14-15(22-8-4-7-21-14)10-13(12)17(11-20)5-2-1-3-6-17/h9-10,16H,1-8,11,20H2. The molecule has 3 rings (SSSR count). The summed E-state index contributed by atoms with van der Waals surface area (Å²) in [6.07, 6.45) is 3.18. The summed E-state index contributed by atoms with van der Waals surface area (Å²) in [7, 11) is 0. The van der Waals surface area contributed by atoms with E-state index in [1.165, 1.54) is 6.07 Å². The number of hydrogen-bond donors (Lipinski definition) is 1. The molecule has 0 radical (unpaired) electrons. The van der Waals surface area contributed by atoms with Crippen LogP contribution in [-0.2, 0) is 5.41 Å². The van der Waals surface area contributed by atoms with Crippen molar-refractivity contribution in [2.45, 2.75) is 50.4 Å². The largest absolute Gasteiger partial charge is 0.490 e. The van der Waals surface area contributed by atoms with Crippen LogP contribution >= 0.6 is 0 Å². The van der Waals surface area contributed by atoms with Crippen LogP contribution in [0, 0.1) is 0 Å². The molecule has 1 aromatic carbocycles. The minimum absolute atomic E-state index is 0.0524. The fraction of sp³-hybridized carbons (Fsp3) is 0.647. The van der Waals surface area contributed by atoms with Gasteiger partial charge >= 0.3 is 0 Å². The van der Waals surface area contributed by atoms with Crippen LogP contribution in [0.2, 0.25) is 0 Å². The molecule has 2 aliphatic rings. The molecule has 0 aromatic heterocycles. The highest BCUT2D eigenvalue weighted by Crippen LogP contribution is 2.46. The molecule has 0 bridgehead atoms. The smallest absolute Gasteiger partial charge is 0.264 e.